The average molecular weight is 359 g/mol. The predicted molar refractivity (Wildman–Crippen MR) is 87.2 cm³/mol. The molecule has 5 heteroatoms. The van der Waals surface area contributed by atoms with Crippen molar-refractivity contribution in [2.45, 2.75) is 64.0 Å². The van der Waals surface area contributed by atoms with Crippen LogP contribution in [0.5, 0.6) is 0 Å². The Balaban J connectivity index is 2.17. The van der Waals surface area contributed by atoms with Crippen molar-refractivity contribution in [2.75, 3.05) is 13.7 Å². The van der Waals surface area contributed by atoms with Gasteiger partial charge in [0.25, 0.3) is 0 Å². The molecule has 0 bridgehead atoms. The molecule has 1 aromatic heterocycles. The van der Waals surface area contributed by atoms with Crippen LogP contribution < -0.4 is 0 Å². The van der Waals surface area contributed by atoms with Gasteiger partial charge in [0.05, 0.1) is 29.5 Å². The highest BCUT2D eigenvalue weighted by atomic mass is 79.9. The zero-order valence-corrected chi connectivity index (χ0v) is 14.7. The van der Waals surface area contributed by atoms with Crippen molar-refractivity contribution in [1.82, 2.24) is 9.78 Å². The molecule has 1 fully saturated rings. The van der Waals surface area contributed by atoms with Gasteiger partial charge in [-0.05, 0) is 47.5 Å². The smallest absolute Gasteiger partial charge is 0.107 e. The van der Waals surface area contributed by atoms with Gasteiger partial charge in [-0.2, -0.15) is 5.10 Å². The molecule has 4 nitrogen and oxygen atoms in total. The molecule has 0 aromatic carbocycles. The summed E-state index contributed by atoms with van der Waals surface area (Å²) in [6, 6.07) is 0. The first-order valence-corrected chi connectivity index (χ1v) is 8.83. The Bertz CT molecular complexity index is 449. The Morgan fingerprint density at radius 1 is 1.48 bits per heavy atom. The summed E-state index contributed by atoms with van der Waals surface area (Å²) in [5.74, 6) is 0.762. The van der Waals surface area contributed by atoms with Crippen LogP contribution in [-0.2, 0) is 16.9 Å². The Morgan fingerprint density at radius 2 is 2.29 bits per heavy atom. The minimum Gasteiger partial charge on any atom is -0.384 e. The van der Waals surface area contributed by atoms with E-state index in [1.165, 1.54) is 19.3 Å². The maximum absolute atomic E-state index is 11.2. The van der Waals surface area contributed by atoms with Gasteiger partial charge in [0.15, 0.2) is 0 Å². The lowest BCUT2D eigenvalue weighted by Gasteiger charge is -2.28. The minimum atomic E-state index is -0.758. The van der Waals surface area contributed by atoms with Crippen molar-refractivity contribution >= 4 is 15.9 Å². The molecule has 0 spiro atoms. The average Bonchev–Trinajstić information content (AvgIpc) is 2.73. The second-order valence-corrected chi connectivity index (χ2v) is 7.03. The van der Waals surface area contributed by atoms with Crippen molar-refractivity contribution in [1.29, 1.82) is 0 Å². The summed E-state index contributed by atoms with van der Waals surface area (Å²) in [6.07, 6.45) is 9.38. The van der Waals surface area contributed by atoms with E-state index in [0.29, 0.717) is 13.2 Å². The standard InChI is InChI=1S/C16H27BrN2O2/c1-3-5-13-6-4-8-16(20,9-7-13)15-14(17)12-18-19(15)10-11-21-2/h12-13,20H,3-11H2,1-2H3. The van der Waals surface area contributed by atoms with Crippen LogP contribution in [0.15, 0.2) is 10.7 Å². The summed E-state index contributed by atoms with van der Waals surface area (Å²) in [4.78, 5) is 0. The van der Waals surface area contributed by atoms with Crippen LogP contribution in [0.25, 0.3) is 0 Å². The predicted octanol–water partition coefficient (Wildman–Crippen LogP) is 3.86. The summed E-state index contributed by atoms with van der Waals surface area (Å²) in [6.45, 7) is 3.53. The molecule has 1 aliphatic carbocycles. The summed E-state index contributed by atoms with van der Waals surface area (Å²) in [5.41, 5.74) is 0.169. The third kappa shape index (κ3) is 4.08. The summed E-state index contributed by atoms with van der Waals surface area (Å²) in [5, 5.41) is 15.6. The van der Waals surface area contributed by atoms with E-state index in [9.17, 15) is 5.11 Å². The Labute approximate surface area is 136 Å². The number of aliphatic hydroxyl groups is 1. The van der Waals surface area contributed by atoms with Gasteiger partial charge in [0, 0.05) is 7.11 Å². The van der Waals surface area contributed by atoms with E-state index in [0.717, 1.165) is 41.8 Å². The fourth-order valence-corrected chi connectivity index (χ4v) is 4.17. The van der Waals surface area contributed by atoms with Crippen molar-refractivity contribution in [3.05, 3.63) is 16.4 Å². The van der Waals surface area contributed by atoms with Gasteiger partial charge in [0.1, 0.15) is 5.60 Å². The first-order chi connectivity index (χ1) is 10.1. The molecule has 1 saturated carbocycles. The van der Waals surface area contributed by atoms with Crippen LogP contribution in [-0.4, -0.2) is 28.6 Å². The lowest BCUT2D eigenvalue weighted by molar-refractivity contribution is 0.00887. The fraction of sp³-hybridized carbons (Fsp3) is 0.812. The number of nitrogens with zero attached hydrogens (tertiary/aromatic N) is 2. The van der Waals surface area contributed by atoms with Gasteiger partial charge >= 0.3 is 0 Å². The Kier molecular flexibility index (Phi) is 6.26. The maximum atomic E-state index is 11.2. The van der Waals surface area contributed by atoms with Gasteiger partial charge < -0.3 is 9.84 Å². The van der Waals surface area contributed by atoms with Crippen molar-refractivity contribution in [3.8, 4) is 0 Å². The second kappa shape index (κ2) is 7.75. The molecule has 1 heterocycles. The van der Waals surface area contributed by atoms with Crippen LogP contribution in [0, 0.1) is 5.92 Å². The molecular weight excluding hydrogens is 332 g/mol. The Hall–Kier alpha value is -0.390. The lowest BCUT2D eigenvalue weighted by atomic mass is 9.89. The van der Waals surface area contributed by atoms with Crippen molar-refractivity contribution < 1.29 is 9.84 Å². The molecule has 0 saturated heterocycles. The van der Waals surface area contributed by atoms with Gasteiger partial charge in [0.2, 0.25) is 0 Å². The second-order valence-electron chi connectivity index (χ2n) is 6.17. The van der Waals surface area contributed by atoms with Gasteiger partial charge in [-0.25, -0.2) is 0 Å². The first kappa shape index (κ1) is 17.0. The number of halogens is 1. The lowest BCUT2D eigenvalue weighted by Crippen LogP contribution is -2.30. The number of hydrogen-bond acceptors (Lipinski definition) is 3. The van der Waals surface area contributed by atoms with E-state index < -0.39 is 5.60 Å². The normalized spacial score (nSPS) is 26.8. The van der Waals surface area contributed by atoms with Crippen LogP contribution in [0.3, 0.4) is 0 Å². The quantitative estimate of drug-likeness (QED) is 0.785. The maximum Gasteiger partial charge on any atom is 0.107 e. The molecule has 120 valence electrons. The third-order valence-corrected chi connectivity index (χ3v) is 5.19. The van der Waals surface area contributed by atoms with E-state index in [1.807, 2.05) is 4.68 Å². The fourth-order valence-electron chi connectivity index (χ4n) is 3.50. The number of ether oxygens (including phenoxy) is 1. The van der Waals surface area contributed by atoms with Crippen LogP contribution in [0.1, 0.15) is 57.6 Å². The monoisotopic (exact) mass is 358 g/mol. The molecule has 1 N–H and O–H groups in total. The number of aromatic nitrogens is 2. The highest BCUT2D eigenvalue weighted by molar-refractivity contribution is 9.10. The zero-order chi connectivity index (χ0) is 15.3. The van der Waals surface area contributed by atoms with Gasteiger partial charge in [-0.3, -0.25) is 4.68 Å². The van der Waals surface area contributed by atoms with E-state index >= 15 is 0 Å². The largest absolute Gasteiger partial charge is 0.384 e. The van der Waals surface area contributed by atoms with Crippen LogP contribution in [0.4, 0.5) is 0 Å². The van der Waals surface area contributed by atoms with E-state index in [2.05, 4.69) is 28.0 Å². The summed E-state index contributed by atoms with van der Waals surface area (Å²) >= 11 is 3.57. The first-order valence-electron chi connectivity index (χ1n) is 8.04. The number of rotatable bonds is 6. The molecule has 0 radical (unpaired) electrons. The SMILES string of the molecule is CCCC1CCCC(O)(c2c(Br)cnn2CCOC)CC1. The molecular formula is C16H27BrN2O2. The van der Waals surface area contributed by atoms with Crippen LogP contribution in [0.2, 0.25) is 0 Å². The van der Waals surface area contributed by atoms with E-state index in [4.69, 9.17) is 4.74 Å². The van der Waals surface area contributed by atoms with E-state index in [-0.39, 0.29) is 0 Å². The molecule has 1 aliphatic rings. The highest BCUT2D eigenvalue weighted by Gasteiger charge is 2.37. The van der Waals surface area contributed by atoms with Crippen molar-refractivity contribution in [3.63, 3.8) is 0 Å². The number of methoxy groups -OCH3 is 1. The molecule has 2 atom stereocenters. The van der Waals surface area contributed by atoms with E-state index in [1.54, 1.807) is 13.3 Å². The molecule has 1 aromatic rings. The molecule has 2 rings (SSSR count). The third-order valence-electron chi connectivity index (χ3n) is 4.61. The zero-order valence-electron chi connectivity index (χ0n) is 13.1. The molecule has 21 heavy (non-hydrogen) atoms. The summed E-state index contributed by atoms with van der Waals surface area (Å²) < 4.78 is 7.95. The minimum absolute atomic E-state index is 0.607. The molecule has 0 amide bonds. The highest BCUT2D eigenvalue weighted by Crippen LogP contribution is 2.41. The Morgan fingerprint density at radius 3 is 3.00 bits per heavy atom. The topological polar surface area (TPSA) is 47.3 Å². The summed E-state index contributed by atoms with van der Waals surface area (Å²) in [7, 11) is 1.69. The van der Waals surface area contributed by atoms with Gasteiger partial charge in [-0.1, -0.05) is 26.2 Å². The van der Waals surface area contributed by atoms with Gasteiger partial charge in [-0.15, -0.1) is 0 Å². The van der Waals surface area contributed by atoms with Crippen molar-refractivity contribution in [2.24, 2.45) is 5.92 Å². The molecule has 2 unspecified atom stereocenters. The molecule has 0 aliphatic heterocycles. The van der Waals surface area contributed by atoms with Crippen LogP contribution >= 0.6 is 15.9 Å². The number of hydrogen-bond donors (Lipinski definition) is 1.